The number of benzene rings is 2. The molecule has 0 amide bonds. The summed E-state index contributed by atoms with van der Waals surface area (Å²) in [5, 5.41) is 2.08. The third kappa shape index (κ3) is 6.73. The molecule has 0 atom stereocenters. The van der Waals surface area contributed by atoms with Crippen molar-refractivity contribution in [3.8, 4) is 5.75 Å². The van der Waals surface area contributed by atoms with Crippen LogP contribution in [0.4, 0.5) is 0 Å². The fourth-order valence-corrected chi connectivity index (χ4v) is 6.21. The summed E-state index contributed by atoms with van der Waals surface area (Å²) in [4.78, 5) is 10.7. The van der Waals surface area contributed by atoms with Crippen LogP contribution in [0.3, 0.4) is 0 Å². The molecule has 5 nitrogen and oxygen atoms in total. The van der Waals surface area contributed by atoms with Gasteiger partial charge in [-0.1, -0.05) is 29.0 Å². The van der Waals surface area contributed by atoms with Gasteiger partial charge in [0.15, 0.2) is 9.86 Å². The highest BCUT2D eigenvalue weighted by Gasteiger charge is 2.18. The first-order chi connectivity index (χ1) is 12.8. The fourth-order valence-electron chi connectivity index (χ4n) is 1.98. The Bertz CT molecular complexity index is 981. The van der Waals surface area contributed by atoms with Crippen LogP contribution in [0.2, 0.25) is 0 Å². The average Bonchev–Trinajstić information content (AvgIpc) is 3.15. The Kier molecular flexibility index (Phi) is 7.96. The number of aldehydes is 1. The van der Waals surface area contributed by atoms with Gasteiger partial charge in [-0.3, -0.25) is 4.79 Å². The van der Waals surface area contributed by atoms with E-state index in [-0.39, 0.29) is 26.1 Å². The Morgan fingerprint density at radius 1 is 1.11 bits per heavy atom. The summed E-state index contributed by atoms with van der Waals surface area (Å²) in [6.45, 7) is 1.82. The first-order valence-electron chi connectivity index (χ1n) is 7.67. The molecule has 0 aliphatic rings. The standard InChI is InChI=1S/C12H10IO2S.C7H8O3S/c1-15-11-5-4-10(7-9(11)8-14)13-12-3-2-6-16-12;1-6-2-4-7(5-3-6)11(8,9)10/h2-8H,1H3;2-5H,1H3,(H,8,9,10)/q+1;/p-1. The SMILES string of the molecule is COc1ccc([I+]c2cccs2)cc1C=O.Cc1ccc(S(=O)(=O)[O-])cc1. The van der Waals surface area contributed by atoms with Crippen LogP contribution in [0, 0.1) is 13.4 Å². The first kappa shape index (κ1) is 21.5. The molecule has 142 valence electrons. The lowest BCUT2D eigenvalue weighted by Gasteiger charge is -2.05. The molecule has 0 spiro atoms. The van der Waals surface area contributed by atoms with Crippen LogP contribution < -0.4 is 25.9 Å². The highest BCUT2D eigenvalue weighted by atomic mass is 127. The molecule has 27 heavy (non-hydrogen) atoms. The van der Waals surface area contributed by atoms with Gasteiger partial charge >= 0.3 is 21.2 Å². The first-order valence-corrected chi connectivity index (χ1v) is 12.1. The molecule has 2 aromatic carbocycles. The molecule has 3 rings (SSSR count). The molecule has 0 saturated carbocycles. The van der Waals surface area contributed by atoms with Crippen molar-refractivity contribution < 1.29 is 43.7 Å². The second-order valence-electron chi connectivity index (χ2n) is 5.28. The van der Waals surface area contributed by atoms with E-state index in [4.69, 9.17) is 4.74 Å². The monoisotopic (exact) mass is 516 g/mol. The van der Waals surface area contributed by atoms with Crippen molar-refractivity contribution in [3.63, 3.8) is 0 Å². The van der Waals surface area contributed by atoms with Crippen LogP contribution in [-0.4, -0.2) is 26.4 Å². The maximum absolute atomic E-state index is 10.9. The van der Waals surface area contributed by atoms with E-state index in [1.165, 1.54) is 18.6 Å². The number of hydrogen-bond donors (Lipinski definition) is 0. The normalized spacial score (nSPS) is 10.6. The minimum absolute atomic E-state index is 0.171. The molecule has 3 aromatic rings. The van der Waals surface area contributed by atoms with Crippen LogP contribution in [0.1, 0.15) is 15.9 Å². The van der Waals surface area contributed by atoms with E-state index in [0.29, 0.717) is 11.3 Å². The topological polar surface area (TPSA) is 83.5 Å². The number of aryl methyl sites for hydroxylation is 1. The van der Waals surface area contributed by atoms with Gasteiger partial charge in [0.05, 0.1) is 17.6 Å². The average molecular weight is 516 g/mol. The van der Waals surface area contributed by atoms with Gasteiger partial charge in [0.2, 0.25) is 2.88 Å². The van der Waals surface area contributed by atoms with E-state index in [2.05, 4.69) is 17.5 Å². The lowest BCUT2D eigenvalue weighted by molar-refractivity contribution is -0.591. The molecule has 0 N–H and O–H groups in total. The minimum atomic E-state index is -4.27. The van der Waals surface area contributed by atoms with Crippen molar-refractivity contribution in [1.29, 1.82) is 0 Å². The Morgan fingerprint density at radius 2 is 1.81 bits per heavy atom. The van der Waals surface area contributed by atoms with Crippen LogP contribution in [0.25, 0.3) is 0 Å². The van der Waals surface area contributed by atoms with Gasteiger partial charge in [0.25, 0.3) is 0 Å². The van der Waals surface area contributed by atoms with Gasteiger partial charge in [0, 0.05) is 12.1 Å². The fraction of sp³-hybridized carbons (Fsp3) is 0.105. The predicted molar refractivity (Wildman–Crippen MR) is 99.2 cm³/mol. The minimum Gasteiger partial charge on any atom is -0.744 e. The molecular weight excluding hydrogens is 499 g/mol. The van der Waals surface area contributed by atoms with E-state index in [9.17, 15) is 17.8 Å². The molecule has 0 aliphatic carbocycles. The van der Waals surface area contributed by atoms with Gasteiger partial charge in [0.1, 0.15) is 15.9 Å². The Balaban J connectivity index is 0.000000208. The van der Waals surface area contributed by atoms with Crippen molar-refractivity contribution in [2.24, 2.45) is 0 Å². The summed E-state index contributed by atoms with van der Waals surface area (Å²) in [6, 6.07) is 15.8. The molecule has 1 heterocycles. The van der Waals surface area contributed by atoms with Crippen molar-refractivity contribution in [2.45, 2.75) is 11.8 Å². The number of rotatable bonds is 5. The van der Waals surface area contributed by atoms with Crippen molar-refractivity contribution in [3.05, 3.63) is 77.6 Å². The van der Waals surface area contributed by atoms with Gasteiger partial charge < -0.3 is 9.29 Å². The zero-order chi connectivity index (χ0) is 19.9. The van der Waals surface area contributed by atoms with Gasteiger partial charge in [-0.15, -0.1) is 0 Å². The molecule has 0 aliphatic heterocycles. The summed E-state index contributed by atoms with van der Waals surface area (Å²) in [6.07, 6.45) is 0.848. The Hall–Kier alpha value is -1.75. The second kappa shape index (κ2) is 9.98. The lowest BCUT2D eigenvalue weighted by atomic mass is 10.2. The molecule has 0 radical (unpaired) electrons. The Labute approximate surface area is 173 Å². The maximum atomic E-state index is 10.9. The summed E-state index contributed by atoms with van der Waals surface area (Å²) >= 11 is 1.60. The number of thiophene rings is 1. The van der Waals surface area contributed by atoms with Gasteiger partial charge in [-0.05, 0) is 42.6 Å². The summed E-state index contributed by atoms with van der Waals surface area (Å²) in [7, 11) is -2.69. The highest BCUT2D eigenvalue weighted by Crippen LogP contribution is 2.14. The molecule has 0 saturated heterocycles. The molecule has 8 heteroatoms. The number of methoxy groups -OCH3 is 1. The van der Waals surface area contributed by atoms with E-state index in [0.717, 1.165) is 11.8 Å². The number of halogens is 1. The van der Waals surface area contributed by atoms with E-state index in [1.807, 2.05) is 25.1 Å². The lowest BCUT2D eigenvalue weighted by Crippen LogP contribution is -3.61. The third-order valence-corrected chi connectivity index (χ3v) is 8.29. The van der Waals surface area contributed by atoms with Crippen molar-refractivity contribution in [2.75, 3.05) is 7.11 Å². The maximum Gasteiger partial charge on any atom is 0.369 e. The van der Waals surface area contributed by atoms with Crippen molar-refractivity contribution >= 4 is 27.7 Å². The summed E-state index contributed by atoms with van der Waals surface area (Å²) < 4.78 is 38.9. The van der Waals surface area contributed by atoms with Crippen LogP contribution in [0.5, 0.6) is 5.75 Å². The number of carbonyl (C=O) groups is 1. The summed E-state index contributed by atoms with van der Waals surface area (Å²) in [5.41, 5.74) is 1.56. The van der Waals surface area contributed by atoms with Crippen LogP contribution >= 0.6 is 11.3 Å². The number of carbonyl (C=O) groups excluding carboxylic acids is 1. The molecule has 0 bridgehead atoms. The van der Waals surface area contributed by atoms with Gasteiger partial charge in [-0.2, -0.15) is 0 Å². The van der Waals surface area contributed by atoms with E-state index in [1.54, 1.807) is 30.6 Å². The number of ether oxygens (including phenoxy) is 1. The zero-order valence-corrected chi connectivity index (χ0v) is 18.4. The highest BCUT2D eigenvalue weighted by molar-refractivity contribution is 7.85. The quantitative estimate of drug-likeness (QED) is 0.282. The molecular formula is C19H17IO5S2. The molecule has 0 fully saturated rings. The van der Waals surface area contributed by atoms with Crippen LogP contribution in [-0.2, 0) is 10.1 Å². The van der Waals surface area contributed by atoms with Crippen LogP contribution in [0.15, 0.2) is 64.9 Å². The van der Waals surface area contributed by atoms with Gasteiger partial charge in [-0.25, -0.2) is 8.42 Å². The largest absolute Gasteiger partial charge is 0.744 e. The van der Waals surface area contributed by atoms with Crippen molar-refractivity contribution in [1.82, 2.24) is 0 Å². The second-order valence-corrected chi connectivity index (χ2v) is 11.3. The summed E-state index contributed by atoms with van der Waals surface area (Å²) in [5.74, 6) is 0.647. The smallest absolute Gasteiger partial charge is 0.369 e. The molecule has 0 unspecified atom stereocenters. The van der Waals surface area contributed by atoms with E-state index < -0.39 is 10.1 Å². The third-order valence-electron chi connectivity index (χ3n) is 3.32. The molecule has 1 aromatic heterocycles. The predicted octanol–water partition coefficient (Wildman–Crippen LogP) is 0.597. The zero-order valence-electron chi connectivity index (χ0n) is 14.6. The Morgan fingerprint density at radius 3 is 2.33 bits per heavy atom. The van der Waals surface area contributed by atoms with E-state index >= 15 is 0 Å². The number of hydrogen-bond acceptors (Lipinski definition) is 6.